The van der Waals surface area contributed by atoms with Crippen molar-refractivity contribution in [1.29, 1.82) is 0 Å². The molecule has 4 aromatic rings. The Balaban J connectivity index is 1.58. The van der Waals surface area contributed by atoms with Crippen LogP contribution in [0.25, 0.3) is 21.3 Å². The zero-order valence-corrected chi connectivity index (χ0v) is 18.9. The first-order valence-corrected chi connectivity index (χ1v) is 11.0. The predicted octanol–water partition coefficient (Wildman–Crippen LogP) is 5.37. The standard InChI is InChI=1S/C25H25N3O2S/c1-16-5-7-17(8-6-16)20-14-31-23-22(20)24(30)28(15-26-23)13-21(29)27-19-11-9-18(10-12-19)25(2,3)4/h5-12,14-15H,13H2,1-4H3,(H,27,29). The number of aromatic nitrogens is 2. The third-order valence-electron chi connectivity index (χ3n) is 5.27. The quantitative estimate of drug-likeness (QED) is 0.472. The monoisotopic (exact) mass is 431 g/mol. The fourth-order valence-electron chi connectivity index (χ4n) is 3.43. The Hall–Kier alpha value is -3.25. The van der Waals surface area contributed by atoms with Gasteiger partial charge in [-0.2, -0.15) is 0 Å². The lowest BCUT2D eigenvalue weighted by Gasteiger charge is -2.19. The summed E-state index contributed by atoms with van der Waals surface area (Å²) in [6.07, 6.45) is 1.45. The van der Waals surface area contributed by atoms with Crippen molar-refractivity contribution < 1.29 is 4.79 Å². The van der Waals surface area contributed by atoms with Crippen LogP contribution in [0.3, 0.4) is 0 Å². The van der Waals surface area contributed by atoms with Crippen molar-refractivity contribution >= 4 is 33.1 Å². The van der Waals surface area contributed by atoms with E-state index in [0.29, 0.717) is 15.9 Å². The maximum Gasteiger partial charge on any atom is 0.263 e. The van der Waals surface area contributed by atoms with Gasteiger partial charge in [0.2, 0.25) is 5.91 Å². The number of rotatable bonds is 4. The second-order valence-electron chi connectivity index (χ2n) is 8.75. The first-order chi connectivity index (χ1) is 14.7. The molecule has 5 nitrogen and oxygen atoms in total. The summed E-state index contributed by atoms with van der Waals surface area (Å²) in [5, 5.41) is 5.37. The number of anilines is 1. The van der Waals surface area contributed by atoms with Gasteiger partial charge >= 0.3 is 0 Å². The van der Waals surface area contributed by atoms with Crippen molar-refractivity contribution in [2.75, 3.05) is 5.32 Å². The summed E-state index contributed by atoms with van der Waals surface area (Å²) >= 11 is 1.44. The first-order valence-electron chi connectivity index (χ1n) is 10.2. The van der Waals surface area contributed by atoms with Crippen molar-refractivity contribution in [1.82, 2.24) is 9.55 Å². The number of nitrogens with zero attached hydrogens (tertiary/aromatic N) is 2. The third-order valence-corrected chi connectivity index (χ3v) is 6.16. The molecule has 0 radical (unpaired) electrons. The Morgan fingerprint density at radius 1 is 1.06 bits per heavy atom. The molecule has 0 saturated heterocycles. The molecule has 158 valence electrons. The van der Waals surface area contributed by atoms with Gasteiger partial charge in [0, 0.05) is 16.6 Å². The van der Waals surface area contributed by atoms with Gasteiger partial charge in [0.05, 0.1) is 11.7 Å². The molecular weight excluding hydrogens is 406 g/mol. The second kappa shape index (κ2) is 8.12. The number of carbonyl (C=O) groups excluding carboxylic acids is 1. The van der Waals surface area contributed by atoms with E-state index in [0.717, 1.165) is 16.7 Å². The Kier molecular flexibility index (Phi) is 5.50. The highest BCUT2D eigenvalue weighted by molar-refractivity contribution is 7.17. The molecule has 0 saturated carbocycles. The summed E-state index contributed by atoms with van der Waals surface area (Å²) in [6.45, 7) is 8.37. The Bertz CT molecular complexity index is 1290. The molecule has 0 unspecified atom stereocenters. The highest BCUT2D eigenvalue weighted by Gasteiger charge is 2.16. The van der Waals surface area contributed by atoms with Gasteiger partial charge in [-0.05, 0) is 35.6 Å². The molecule has 0 aliphatic carbocycles. The fourth-order valence-corrected chi connectivity index (χ4v) is 4.34. The van der Waals surface area contributed by atoms with Gasteiger partial charge in [0.1, 0.15) is 11.4 Å². The van der Waals surface area contributed by atoms with E-state index in [1.54, 1.807) is 0 Å². The van der Waals surface area contributed by atoms with E-state index in [-0.39, 0.29) is 23.4 Å². The van der Waals surface area contributed by atoms with Crippen LogP contribution in [0.1, 0.15) is 31.9 Å². The van der Waals surface area contributed by atoms with Gasteiger partial charge in [-0.3, -0.25) is 14.2 Å². The number of fused-ring (bicyclic) bond motifs is 1. The van der Waals surface area contributed by atoms with Crippen LogP contribution in [0.2, 0.25) is 0 Å². The minimum absolute atomic E-state index is 0.0482. The first kappa shape index (κ1) is 21.0. The van der Waals surface area contributed by atoms with Gasteiger partial charge in [-0.15, -0.1) is 11.3 Å². The molecule has 0 aliphatic rings. The number of aryl methyl sites for hydroxylation is 1. The number of thiophene rings is 1. The van der Waals surface area contributed by atoms with E-state index in [1.807, 2.05) is 60.8 Å². The molecule has 4 rings (SSSR count). The van der Waals surface area contributed by atoms with Crippen LogP contribution < -0.4 is 10.9 Å². The molecule has 2 heterocycles. The van der Waals surface area contributed by atoms with E-state index in [1.165, 1.54) is 27.8 Å². The molecule has 2 aromatic heterocycles. The van der Waals surface area contributed by atoms with Crippen LogP contribution in [0, 0.1) is 6.92 Å². The number of amides is 1. The number of carbonyl (C=O) groups is 1. The molecule has 0 spiro atoms. The number of hydrogen-bond donors (Lipinski definition) is 1. The lowest BCUT2D eigenvalue weighted by atomic mass is 9.87. The molecule has 0 fully saturated rings. The van der Waals surface area contributed by atoms with Crippen LogP contribution in [0.5, 0.6) is 0 Å². The van der Waals surface area contributed by atoms with Crippen molar-refractivity contribution in [2.24, 2.45) is 0 Å². The zero-order valence-electron chi connectivity index (χ0n) is 18.1. The SMILES string of the molecule is Cc1ccc(-c2csc3ncn(CC(=O)Nc4ccc(C(C)(C)C)cc4)c(=O)c23)cc1. The summed E-state index contributed by atoms with van der Waals surface area (Å²) in [5.41, 5.74) is 4.72. The molecule has 0 atom stereocenters. The van der Waals surface area contributed by atoms with E-state index in [9.17, 15) is 9.59 Å². The average Bonchev–Trinajstić information content (AvgIpc) is 3.15. The van der Waals surface area contributed by atoms with Crippen molar-refractivity contribution in [3.63, 3.8) is 0 Å². The maximum atomic E-state index is 13.1. The lowest BCUT2D eigenvalue weighted by Crippen LogP contribution is -2.27. The molecule has 0 aliphatic heterocycles. The topological polar surface area (TPSA) is 64.0 Å². The van der Waals surface area contributed by atoms with Gasteiger partial charge in [-0.1, -0.05) is 62.7 Å². The van der Waals surface area contributed by atoms with Crippen LogP contribution in [-0.2, 0) is 16.8 Å². The van der Waals surface area contributed by atoms with Crippen LogP contribution in [0.4, 0.5) is 5.69 Å². The zero-order chi connectivity index (χ0) is 22.2. The van der Waals surface area contributed by atoms with E-state index >= 15 is 0 Å². The molecule has 31 heavy (non-hydrogen) atoms. The normalized spacial score (nSPS) is 11.6. The van der Waals surface area contributed by atoms with E-state index in [4.69, 9.17) is 0 Å². The van der Waals surface area contributed by atoms with Crippen molar-refractivity contribution in [3.05, 3.63) is 81.7 Å². The van der Waals surface area contributed by atoms with Gasteiger partial charge in [0.25, 0.3) is 5.56 Å². The molecule has 1 N–H and O–H groups in total. The number of benzene rings is 2. The highest BCUT2D eigenvalue weighted by atomic mass is 32.1. The van der Waals surface area contributed by atoms with Crippen LogP contribution in [-0.4, -0.2) is 15.5 Å². The Morgan fingerprint density at radius 3 is 2.39 bits per heavy atom. The highest BCUT2D eigenvalue weighted by Crippen LogP contribution is 2.30. The molecular formula is C25H25N3O2S. The lowest BCUT2D eigenvalue weighted by molar-refractivity contribution is -0.116. The predicted molar refractivity (Wildman–Crippen MR) is 128 cm³/mol. The summed E-state index contributed by atoms with van der Waals surface area (Å²) in [4.78, 5) is 30.8. The molecule has 0 bridgehead atoms. The van der Waals surface area contributed by atoms with Crippen molar-refractivity contribution in [2.45, 2.75) is 39.7 Å². The smallest absolute Gasteiger partial charge is 0.263 e. The van der Waals surface area contributed by atoms with Crippen molar-refractivity contribution in [3.8, 4) is 11.1 Å². The summed E-state index contributed by atoms with van der Waals surface area (Å²) in [5.74, 6) is -0.265. The molecule has 6 heteroatoms. The number of nitrogens with one attached hydrogen (secondary N) is 1. The Labute approximate surface area is 185 Å². The minimum Gasteiger partial charge on any atom is -0.325 e. The fraction of sp³-hybridized carbons (Fsp3) is 0.240. The number of hydrogen-bond acceptors (Lipinski definition) is 4. The molecule has 1 amide bonds. The van der Waals surface area contributed by atoms with E-state index in [2.05, 4.69) is 31.1 Å². The third kappa shape index (κ3) is 4.44. The van der Waals surface area contributed by atoms with Crippen LogP contribution >= 0.6 is 11.3 Å². The average molecular weight is 432 g/mol. The summed E-state index contributed by atoms with van der Waals surface area (Å²) in [6, 6.07) is 15.8. The van der Waals surface area contributed by atoms with Gasteiger partial charge in [0.15, 0.2) is 0 Å². The maximum absolute atomic E-state index is 13.1. The minimum atomic E-state index is -0.265. The summed E-state index contributed by atoms with van der Waals surface area (Å²) in [7, 11) is 0. The Morgan fingerprint density at radius 2 is 1.74 bits per heavy atom. The largest absolute Gasteiger partial charge is 0.325 e. The summed E-state index contributed by atoms with van der Waals surface area (Å²) < 4.78 is 1.37. The van der Waals surface area contributed by atoms with E-state index < -0.39 is 0 Å². The van der Waals surface area contributed by atoms with Gasteiger partial charge < -0.3 is 5.32 Å². The molecule has 2 aromatic carbocycles. The van der Waals surface area contributed by atoms with Gasteiger partial charge in [-0.25, -0.2) is 4.98 Å². The second-order valence-corrected chi connectivity index (χ2v) is 9.61. The van der Waals surface area contributed by atoms with Crippen LogP contribution in [0.15, 0.2) is 65.0 Å².